The van der Waals surface area contributed by atoms with E-state index in [1.807, 2.05) is 49.3 Å². The van der Waals surface area contributed by atoms with Crippen LogP contribution in [0.4, 0.5) is 5.69 Å². The van der Waals surface area contributed by atoms with Crippen LogP contribution >= 0.6 is 0 Å². The van der Waals surface area contributed by atoms with Crippen LogP contribution in [0.15, 0.2) is 55.0 Å². The second-order valence-electron chi connectivity index (χ2n) is 8.94. The van der Waals surface area contributed by atoms with Crippen LogP contribution in [0.25, 0.3) is 33.4 Å². The highest BCUT2D eigenvalue weighted by Gasteiger charge is 2.15. The SMILES string of the molecule is C#C.Cc1ncc(-c2ccc(N)c(Cc3cc4c(-c5ccc6c(c5)CCC6)cncc4[nH]3)n2)n1C. The highest BCUT2D eigenvalue weighted by atomic mass is 15.1. The van der Waals surface area contributed by atoms with E-state index in [2.05, 4.69) is 52.1 Å². The van der Waals surface area contributed by atoms with Gasteiger partial charge in [0.05, 0.1) is 40.7 Å². The van der Waals surface area contributed by atoms with E-state index in [-0.39, 0.29) is 0 Å². The fourth-order valence-electron chi connectivity index (χ4n) is 4.89. The normalized spacial score (nSPS) is 12.3. The van der Waals surface area contributed by atoms with Crippen molar-refractivity contribution in [2.75, 3.05) is 5.73 Å². The quantitative estimate of drug-likeness (QED) is 0.359. The molecule has 174 valence electrons. The second-order valence-corrected chi connectivity index (χ2v) is 8.94. The topological polar surface area (TPSA) is 85.4 Å². The average Bonchev–Trinajstić information content (AvgIpc) is 3.60. The summed E-state index contributed by atoms with van der Waals surface area (Å²) in [6, 6.07) is 12.9. The minimum atomic E-state index is 0.620. The lowest BCUT2D eigenvalue weighted by Crippen LogP contribution is -2.02. The fraction of sp³-hybridized carbons (Fsp3) is 0.207. The monoisotopic (exact) mass is 460 g/mol. The number of imidazole rings is 1. The summed E-state index contributed by atoms with van der Waals surface area (Å²) in [6.45, 7) is 1.98. The number of nitrogens with zero attached hydrogens (tertiary/aromatic N) is 4. The van der Waals surface area contributed by atoms with E-state index in [0.717, 1.165) is 39.7 Å². The number of aromatic amines is 1. The zero-order valence-electron chi connectivity index (χ0n) is 20.0. The van der Waals surface area contributed by atoms with Crippen LogP contribution in [0.1, 0.15) is 34.8 Å². The van der Waals surface area contributed by atoms with E-state index >= 15 is 0 Å². The maximum Gasteiger partial charge on any atom is 0.105 e. The third kappa shape index (κ3) is 4.06. The average molecular weight is 461 g/mol. The molecule has 0 amide bonds. The highest BCUT2D eigenvalue weighted by Crippen LogP contribution is 2.33. The maximum absolute atomic E-state index is 6.31. The zero-order chi connectivity index (χ0) is 24.5. The van der Waals surface area contributed by atoms with E-state index in [9.17, 15) is 0 Å². The summed E-state index contributed by atoms with van der Waals surface area (Å²) < 4.78 is 2.04. The summed E-state index contributed by atoms with van der Waals surface area (Å²) >= 11 is 0. The van der Waals surface area contributed by atoms with Crippen molar-refractivity contribution in [2.24, 2.45) is 7.05 Å². The van der Waals surface area contributed by atoms with Gasteiger partial charge in [-0.15, -0.1) is 12.8 Å². The Kier molecular flexibility index (Phi) is 5.84. The smallest absolute Gasteiger partial charge is 0.105 e. The largest absolute Gasteiger partial charge is 0.397 e. The number of nitrogen functional groups attached to an aromatic ring is 1. The van der Waals surface area contributed by atoms with Crippen molar-refractivity contribution in [2.45, 2.75) is 32.6 Å². The Balaban J connectivity index is 0.00000124. The second kappa shape index (κ2) is 9.11. The summed E-state index contributed by atoms with van der Waals surface area (Å²) in [5.41, 5.74) is 17.1. The Morgan fingerprint density at radius 2 is 1.86 bits per heavy atom. The van der Waals surface area contributed by atoms with Gasteiger partial charge in [-0.1, -0.05) is 18.2 Å². The van der Waals surface area contributed by atoms with Gasteiger partial charge < -0.3 is 15.3 Å². The molecule has 0 saturated carbocycles. The minimum Gasteiger partial charge on any atom is -0.397 e. The molecule has 4 heterocycles. The van der Waals surface area contributed by atoms with Crippen LogP contribution in [0, 0.1) is 19.8 Å². The van der Waals surface area contributed by atoms with Crippen LogP contribution in [0.2, 0.25) is 0 Å². The fourth-order valence-corrected chi connectivity index (χ4v) is 4.89. The molecule has 0 fully saturated rings. The molecule has 0 bridgehead atoms. The van der Waals surface area contributed by atoms with E-state index in [4.69, 9.17) is 10.7 Å². The van der Waals surface area contributed by atoms with Crippen molar-refractivity contribution in [3.63, 3.8) is 0 Å². The van der Waals surface area contributed by atoms with Gasteiger partial charge in [-0.3, -0.25) is 4.98 Å². The molecule has 1 aliphatic carbocycles. The van der Waals surface area contributed by atoms with Crippen molar-refractivity contribution in [1.29, 1.82) is 0 Å². The molecule has 0 saturated heterocycles. The Labute approximate surface area is 205 Å². The molecular formula is C29H28N6. The van der Waals surface area contributed by atoms with Gasteiger partial charge in [0.25, 0.3) is 0 Å². The summed E-state index contributed by atoms with van der Waals surface area (Å²) in [7, 11) is 2.00. The number of fused-ring (bicyclic) bond motifs is 2. The van der Waals surface area contributed by atoms with Crippen LogP contribution < -0.4 is 5.73 Å². The van der Waals surface area contributed by atoms with Gasteiger partial charge in [0, 0.05) is 36.3 Å². The first-order chi connectivity index (χ1) is 17.1. The van der Waals surface area contributed by atoms with Gasteiger partial charge in [-0.25, -0.2) is 9.97 Å². The molecule has 0 radical (unpaired) electrons. The predicted octanol–water partition coefficient (Wildman–Crippen LogP) is 5.24. The number of aromatic nitrogens is 5. The molecule has 0 aliphatic heterocycles. The number of anilines is 1. The van der Waals surface area contributed by atoms with Crippen LogP contribution in [-0.2, 0) is 26.3 Å². The van der Waals surface area contributed by atoms with Crippen molar-refractivity contribution >= 4 is 16.6 Å². The third-order valence-electron chi connectivity index (χ3n) is 6.86. The molecule has 0 unspecified atom stereocenters. The Hall–Kier alpha value is -4.37. The number of hydrogen-bond acceptors (Lipinski definition) is 4. The molecule has 6 nitrogen and oxygen atoms in total. The molecule has 1 aromatic carbocycles. The molecule has 0 spiro atoms. The molecule has 35 heavy (non-hydrogen) atoms. The molecule has 3 N–H and O–H groups in total. The molecule has 6 heteroatoms. The Morgan fingerprint density at radius 3 is 2.66 bits per heavy atom. The first-order valence-corrected chi connectivity index (χ1v) is 11.7. The number of nitrogens with one attached hydrogen (secondary N) is 1. The van der Waals surface area contributed by atoms with Crippen LogP contribution in [-0.4, -0.2) is 24.5 Å². The number of rotatable bonds is 4. The first kappa shape index (κ1) is 22.4. The third-order valence-corrected chi connectivity index (χ3v) is 6.86. The number of aryl methyl sites for hydroxylation is 3. The predicted molar refractivity (Wildman–Crippen MR) is 142 cm³/mol. The molecule has 4 aromatic heterocycles. The standard InChI is InChI=1S/C27H26N6.C2H2/c1-16-30-15-27(33(16)2)24-9-8-23(28)25(32-24)12-20-11-21-22(13-29-14-26(21)31-20)19-7-6-17-4-3-5-18(17)10-19;1-2/h6-11,13-15,31H,3-5,12,28H2,1-2H3;1-2H. The lowest BCUT2D eigenvalue weighted by atomic mass is 9.99. The summed E-state index contributed by atoms with van der Waals surface area (Å²) in [4.78, 5) is 17.3. The van der Waals surface area contributed by atoms with E-state index < -0.39 is 0 Å². The van der Waals surface area contributed by atoms with Crippen molar-refractivity contribution in [3.8, 4) is 35.4 Å². The van der Waals surface area contributed by atoms with E-state index in [0.29, 0.717) is 12.1 Å². The number of terminal acetylenes is 1. The van der Waals surface area contributed by atoms with Gasteiger partial charge in [0.2, 0.25) is 0 Å². The number of H-pyrrole nitrogens is 1. The number of pyridine rings is 2. The van der Waals surface area contributed by atoms with E-state index in [1.54, 1.807) is 0 Å². The molecule has 6 rings (SSSR count). The van der Waals surface area contributed by atoms with Crippen molar-refractivity contribution < 1.29 is 0 Å². The summed E-state index contributed by atoms with van der Waals surface area (Å²) in [5.74, 6) is 0.951. The molecule has 1 aliphatic rings. The summed E-state index contributed by atoms with van der Waals surface area (Å²) in [6.07, 6.45) is 17.9. The molecule has 0 atom stereocenters. The van der Waals surface area contributed by atoms with Crippen LogP contribution in [0.5, 0.6) is 0 Å². The van der Waals surface area contributed by atoms with E-state index in [1.165, 1.54) is 41.3 Å². The van der Waals surface area contributed by atoms with Crippen LogP contribution in [0.3, 0.4) is 0 Å². The highest BCUT2D eigenvalue weighted by molar-refractivity contribution is 5.95. The van der Waals surface area contributed by atoms with Crippen molar-refractivity contribution in [1.82, 2.24) is 24.5 Å². The van der Waals surface area contributed by atoms with Gasteiger partial charge in [0.15, 0.2) is 0 Å². The van der Waals surface area contributed by atoms with Gasteiger partial charge in [-0.2, -0.15) is 0 Å². The zero-order valence-corrected chi connectivity index (χ0v) is 20.0. The van der Waals surface area contributed by atoms with Gasteiger partial charge in [-0.05, 0) is 61.1 Å². The van der Waals surface area contributed by atoms with Gasteiger partial charge >= 0.3 is 0 Å². The summed E-state index contributed by atoms with van der Waals surface area (Å²) in [5, 5.41) is 1.18. The number of hydrogen-bond donors (Lipinski definition) is 2. The van der Waals surface area contributed by atoms with Crippen molar-refractivity contribution in [3.05, 3.63) is 83.3 Å². The molecular weight excluding hydrogens is 432 g/mol. The lowest BCUT2D eigenvalue weighted by Gasteiger charge is -2.08. The Bertz CT molecular complexity index is 1550. The molecule has 5 aromatic rings. The minimum absolute atomic E-state index is 0.620. The Morgan fingerprint density at radius 1 is 1.03 bits per heavy atom. The first-order valence-electron chi connectivity index (χ1n) is 11.7. The number of nitrogens with two attached hydrogens (primary N) is 1. The lowest BCUT2D eigenvalue weighted by molar-refractivity contribution is 0.860. The number of benzene rings is 1. The van der Waals surface area contributed by atoms with Gasteiger partial charge in [0.1, 0.15) is 5.82 Å². The maximum atomic E-state index is 6.31.